The summed E-state index contributed by atoms with van der Waals surface area (Å²) in [6.07, 6.45) is 4.32. The van der Waals surface area contributed by atoms with E-state index in [1.165, 1.54) is 0 Å². The fraction of sp³-hybridized carbons (Fsp3) is 0.435. The van der Waals surface area contributed by atoms with Crippen molar-refractivity contribution in [2.24, 2.45) is 0 Å². The van der Waals surface area contributed by atoms with Crippen LogP contribution in [0.2, 0.25) is 5.28 Å². The lowest BCUT2D eigenvalue weighted by atomic mass is 10.0. The summed E-state index contributed by atoms with van der Waals surface area (Å²) in [4.78, 5) is 49.4. The molecule has 10 heteroatoms. The third kappa shape index (κ3) is 4.30. The molecule has 9 nitrogen and oxygen atoms in total. The van der Waals surface area contributed by atoms with Crippen LogP contribution in [-0.4, -0.2) is 57.8 Å². The number of benzene rings is 1. The van der Waals surface area contributed by atoms with Gasteiger partial charge in [-0.2, -0.15) is 0 Å². The van der Waals surface area contributed by atoms with Crippen molar-refractivity contribution in [2.75, 3.05) is 18.0 Å². The van der Waals surface area contributed by atoms with Gasteiger partial charge in [0.25, 0.3) is 5.91 Å². The van der Waals surface area contributed by atoms with Crippen molar-refractivity contribution in [3.8, 4) is 0 Å². The average Bonchev–Trinajstić information content (AvgIpc) is 3.15. The first-order chi connectivity index (χ1) is 16.0. The average molecular weight is 469 g/mol. The maximum atomic E-state index is 13.2. The number of carbonyl (C=O) groups excluding carboxylic acids is 3. The van der Waals surface area contributed by atoms with Crippen molar-refractivity contribution in [3.05, 3.63) is 52.4 Å². The molecule has 0 bridgehead atoms. The van der Waals surface area contributed by atoms with E-state index in [-0.39, 0.29) is 29.6 Å². The number of nitrogens with one attached hydrogen (secondary N) is 2. The van der Waals surface area contributed by atoms with Crippen molar-refractivity contribution >= 4 is 35.1 Å². The minimum Gasteiger partial charge on any atom is -0.348 e. The molecule has 2 fully saturated rings. The zero-order chi connectivity index (χ0) is 22.9. The molecule has 2 aromatic rings. The molecule has 5 rings (SSSR count). The molecule has 2 saturated heterocycles. The number of carbonyl (C=O) groups is 3. The number of fused-ring (bicyclic) bond motifs is 1. The van der Waals surface area contributed by atoms with Gasteiger partial charge in [-0.1, -0.05) is 12.1 Å². The first-order valence-electron chi connectivity index (χ1n) is 11.2. The molecule has 0 saturated carbocycles. The van der Waals surface area contributed by atoms with Gasteiger partial charge in [0.1, 0.15) is 11.9 Å². The molecule has 1 aromatic carbocycles. The van der Waals surface area contributed by atoms with E-state index in [1.807, 2.05) is 18.2 Å². The number of anilines is 1. The molecule has 2 N–H and O–H groups in total. The van der Waals surface area contributed by atoms with Crippen LogP contribution in [0.3, 0.4) is 0 Å². The fourth-order valence-corrected chi connectivity index (χ4v) is 5.11. The van der Waals surface area contributed by atoms with Gasteiger partial charge in [0.05, 0.1) is 0 Å². The third-order valence-corrected chi connectivity index (χ3v) is 6.82. The Kier molecular flexibility index (Phi) is 5.99. The topological polar surface area (TPSA) is 108 Å². The molecule has 3 aliphatic heterocycles. The van der Waals surface area contributed by atoms with E-state index in [2.05, 4.69) is 25.5 Å². The Hall–Kier alpha value is -3.04. The predicted molar refractivity (Wildman–Crippen MR) is 122 cm³/mol. The van der Waals surface area contributed by atoms with Crippen LogP contribution in [0.15, 0.2) is 30.5 Å². The molecule has 4 heterocycles. The van der Waals surface area contributed by atoms with Gasteiger partial charge >= 0.3 is 0 Å². The van der Waals surface area contributed by atoms with Crippen LogP contribution in [0.1, 0.15) is 47.2 Å². The Labute approximate surface area is 196 Å². The number of aromatic nitrogens is 2. The molecule has 33 heavy (non-hydrogen) atoms. The summed E-state index contributed by atoms with van der Waals surface area (Å²) in [6.45, 7) is 2.72. The van der Waals surface area contributed by atoms with Crippen LogP contribution in [-0.2, 0) is 22.7 Å². The van der Waals surface area contributed by atoms with Crippen molar-refractivity contribution in [1.82, 2.24) is 25.5 Å². The van der Waals surface area contributed by atoms with Crippen molar-refractivity contribution in [2.45, 2.75) is 50.9 Å². The molecule has 0 radical (unpaired) electrons. The van der Waals surface area contributed by atoms with E-state index < -0.39 is 11.9 Å². The van der Waals surface area contributed by atoms with Crippen LogP contribution < -0.4 is 15.5 Å². The summed E-state index contributed by atoms with van der Waals surface area (Å²) in [7, 11) is 0. The normalized spacial score (nSPS) is 22.8. The van der Waals surface area contributed by atoms with Gasteiger partial charge in [0.15, 0.2) is 0 Å². The van der Waals surface area contributed by atoms with E-state index >= 15 is 0 Å². The molecule has 0 spiro atoms. The Morgan fingerprint density at radius 3 is 2.82 bits per heavy atom. The van der Waals surface area contributed by atoms with Crippen LogP contribution in [0, 0.1) is 0 Å². The Balaban J connectivity index is 1.44. The predicted octanol–water partition coefficient (Wildman–Crippen LogP) is 1.65. The summed E-state index contributed by atoms with van der Waals surface area (Å²) in [6, 6.07) is 7.15. The fourth-order valence-electron chi connectivity index (χ4n) is 4.96. The summed E-state index contributed by atoms with van der Waals surface area (Å²) < 4.78 is 0. The van der Waals surface area contributed by atoms with Crippen LogP contribution in [0.5, 0.6) is 0 Å². The molecule has 172 valence electrons. The highest BCUT2D eigenvalue weighted by molar-refractivity contribution is 6.28. The maximum Gasteiger partial charge on any atom is 0.255 e. The van der Waals surface area contributed by atoms with Gasteiger partial charge in [-0.15, -0.1) is 0 Å². The molecule has 3 aliphatic rings. The first kappa shape index (κ1) is 21.8. The SMILES string of the molecule is O=C1CCC(N2Cc3c(CN(c4ccnc(Cl)n4)C4CCCNC4)cccc3C2=O)C(=O)N1. The second-order valence-corrected chi connectivity index (χ2v) is 8.99. The lowest BCUT2D eigenvalue weighted by molar-refractivity contribution is -0.136. The highest BCUT2D eigenvalue weighted by atomic mass is 35.5. The van der Waals surface area contributed by atoms with Gasteiger partial charge in [-0.3, -0.25) is 19.7 Å². The molecule has 0 aliphatic carbocycles. The van der Waals surface area contributed by atoms with E-state index in [0.29, 0.717) is 25.1 Å². The summed E-state index contributed by atoms with van der Waals surface area (Å²) in [5.74, 6) is -0.120. The minimum absolute atomic E-state index is 0.169. The van der Waals surface area contributed by atoms with Crippen LogP contribution in [0.4, 0.5) is 5.82 Å². The van der Waals surface area contributed by atoms with E-state index in [1.54, 1.807) is 17.2 Å². The molecular formula is C23H25ClN6O3. The summed E-state index contributed by atoms with van der Waals surface area (Å²) in [5, 5.41) is 6.00. The minimum atomic E-state index is -0.630. The highest BCUT2D eigenvalue weighted by Gasteiger charge is 2.40. The molecular weight excluding hydrogens is 444 g/mol. The number of hydrogen-bond acceptors (Lipinski definition) is 7. The smallest absolute Gasteiger partial charge is 0.255 e. The quantitative estimate of drug-likeness (QED) is 0.507. The van der Waals surface area contributed by atoms with Crippen LogP contribution in [0.25, 0.3) is 0 Å². The number of halogens is 1. The number of piperidine rings is 2. The zero-order valence-electron chi connectivity index (χ0n) is 18.1. The van der Waals surface area contributed by atoms with Gasteiger partial charge in [0, 0.05) is 43.9 Å². The number of hydrogen-bond donors (Lipinski definition) is 2. The Bertz CT molecular complexity index is 1100. The largest absolute Gasteiger partial charge is 0.348 e. The van der Waals surface area contributed by atoms with Crippen molar-refractivity contribution < 1.29 is 14.4 Å². The van der Waals surface area contributed by atoms with Gasteiger partial charge in [-0.25, -0.2) is 9.97 Å². The summed E-state index contributed by atoms with van der Waals surface area (Å²) >= 11 is 6.10. The molecule has 3 amide bonds. The van der Waals surface area contributed by atoms with Gasteiger partial charge in [-0.05, 0) is 60.7 Å². The lowest BCUT2D eigenvalue weighted by Gasteiger charge is -2.36. The van der Waals surface area contributed by atoms with Crippen LogP contribution >= 0.6 is 11.6 Å². The first-order valence-corrected chi connectivity index (χ1v) is 11.6. The number of nitrogens with zero attached hydrogens (tertiary/aromatic N) is 4. The van der Waals surface area contributed by atoms with Gasteiger partial charge in [0.2, 0.25) is 17.1 Å². The third-order valence-electron chi connectivity index (χ3n) is 6.64. The Morgan fingerprint density at radius 1 is 1.18 bits per heavy atom. The molecule has 2 unspecified atom stereocenters. The standard InChI is InChI=1S/C23H25ClN6O3/c24-23-26-10-8-19(27-23)29(15-4-2-9-25-11-15)12-14-3-1-5-16-17(14)13-30(22(16)33)18-6-7-20(31)28-21(18)32/h1,3,5,8,10,15,18,25H,2,4,6-7,9,11-13H2,(H,28,31,32). The van der Waals surface area contributed by atoms with E-state index in [4.69, 9.17) is 11.6 Å². The van der Waals surface area contributed by atoms with Crippen molar-refractivity contribution in [3.63, 3.8) is 0 Å². The second-order valence-electron chi connectivity index (χ2n) is 8.66. The highest BCUT2D eigenvalue weighted by Crippen LogP contribution is 2.32. The van der Waals surface area contributed by atoms with E-state index in [9.17, 15) is 14.4 Å². The number of rotatable bonds is 5. The maximum absolute atomic E-state index is 13.2. The zero-order valence-corrected chi connectivity index (χ0v) is 18.8. The number of amides is 3. The van der Waals surface area contributed by atoms with Gasteiger partial charge < -0.3 is 15.1 Å². The lowest BCUT2D eigenvalue weighted by Crippen LogP contribution is -2.52. The second kappa shape index (κ2) is 9.07. The van der Waals surface area contributed by atoms with Crippen molar-refractivity contribution in [1.29, 1.82) is 0 Å². The molecule has 2 atom stereocenters. The molecule has 1 aromatic heterocycles. The Morgan fingerprint density at radius 2 is 2.06 bits per heavy atom. The number of imide groups is 1. The monoisotopic (exact) mass is 468 g/mol. The summed E-state index contributed by atoms with van der Waals surface area (Å²) in [5.41, 5.74) is 2.54. The van der Waals surface area contributed by atoms with E-state index in [0.717, 1.165) is 42.9 Å².